The number of aryl methyl sites for hydroxylation is 2. The van der Waals surface area contributed by atoms with Crippen LogP contribution in [-0.4, -0.2) is 9.55 Å². The molecule has 2 rings (SSSR count). The predicted octanol–water partition coefficient (Wildman–Crippen LogP) is 1.88. The van der Waals surface area contributed by atoms with Crippen LogP contribution >= 0.6 is 0 Å². The molecule has 2 heterocycles. The van der Waals surface area contributed by atoms with Gasteiger partial charge in [-0.2, -0.15) is 0 Å². The number of hydrogen-bond donors (Lipinski definition) is 0. The van der Waals surface area contributed by atoms with E-state index in [0.29, 0.717) is 0 Å². The number of rotatable bonds is 0. The Balaban J connectivity index is 2.92. The molecule has 0 N–H and O–H groups in total. The van der Waals surface area contributed by atoms with Crippen molar-refractivity contribution in [2.24, 2.45) is 7.05 Å². The van der Waals surface area contributed by atoms with Crippen molar-refractivity contribution in [2.75, 3.05) is 0 Å². The maximum Gasteiger partial charge on any atom is 0.0510 e. The third kappa shape index (κ3) is 0.827. The smallest absolute Gasteiger partial charge is 0.0510 e. The van der Waals surface area contributed by atoms with Gasteiger partial charge in [-0.25, -0.2) is 0 Å². The molecule has 2 heteroatoms. The Morgan fingerprint density at radius 2 is 2.27 bits per heavy atom. The van der Waals surface area contributed by atoms with E-state index in [1.165, 1.54) is 16.6 Å². The molecule has 11 heavy (non-hydrogen) atoms. The molecule has 0 aliphatic carbocycles. The lowest BCUT2D eigenvalue weighted by molar-refractivity contribution is 0.917. The maximum atomic E-state index is 4.05. The van der Waals surface area contributed by atoms with E-state index in [9.17, 15) is 0 Å². The lowest BCUT2D eigenvalue weighted by atomic mass is 10.3. The van der Waals surface area contributed by atoms with E-state index in [-0.39, 0.29) is 0 Å². The van der Waals surface area contributed by atoms with Crippen LogP contribution in [0.4, 0.5) is 0 Å². The van der Waals surface area contributed by atoms with Crippen molar-refractivity contribution in [3.63, 3.8) is 0 Å². The summed E-state index contributed by atoms with van der Waals surface area (Å²) < 4.78 is 2.16. The summed E-state index contributed by atoms with van der Waals surface area (Å²) in [5.74, 6) is 0. The average molecular weight is 146 g/mol. The zero-order valence-corrected chi connectivity index (χ0v) is 6.70. The second-order valence-electron chi connectivity index (χ2n) is 2.78. The van der Waals surface area contributed by atoms with Crippen molar-refractivity contribution >= 4 is 10.9 Å². The summed E-state index contributed by atoms with van der Waals surface area (Å²) in [5, 5.41) is 1.22. The van der Waals surface area contributed by atoms with Crippen molar-refractivity contribution in [3.8, 4) is 0 Å². The maximum absolute atomic E-state index is 4.05. The van der Waals surface area contributed by atoms with Crippen LogP contribution in [0.2, 0.25) is 0 Å². The van der Waals surface area contributed by atoms with Crippen LogP contribution in [0, 0.1) is 6.92 Å². The van der Waals surface area contributed by atoms with Gasteiger partial charge in [0.25, 0.3) is 0 Å². The molecular weight excluding hydrogens is 136 g/mol. The molecule has 0 amide bonds. The van der Waals surface area contributed by atoms with Crippen molar-refractivity contribution in [1.29, 1.82) is 0 Å². The monoisotopic (exact) mass is 146 g/mol. The summed E-state index contributed by atoms with van der Waals surface area (Å²) in [5.41, 5.74) is 2.52. The fourth-order valence-corrected chi connectivity index (χ4v) is 1.33. The standard InChI is InChI=1S/C9H10N2/c1-7-5-8-6-10-4-3-9(8)11(7)2/h3-6H,1-2H3. The molecule has 0 aromatic carbocycles. The largest absolute Gasteiger partial charge is 0.348 e. The van der Waals surface area contributed by atoms with Crippen LogP contribution < -0.4 is 0 Å². The molecule has 56 valence electrons. The average Bonchev–Trinajstić information content (AvgIpc) is 2.30. The minimum atomic E-state index is 1.22. The number of aromatic nitrogens is 2. The van der Waals surface area contributed by atoms with E-state index >= 15 is 0 Å². The van der Waals surface area contributed by atoms with Gasteiger partial charge in [0.1, 0.15) is 0 Å². The SMILES string of the molecule is Cc1cc2cnccc2n1C. The Labute approximate surface area is 65.5 Å². The fraction of sp³-hybridized carbons (Fsp3) is 0.222. The van der Waals surface area contributed by atoms with Gasteiger partial charge in [-0.05, 0) is 19.1 Å². The van der Waals surface area contributed by atoms with Gasteiger partial charge in [0, 0.05) is 30.5 Å². The highest BCUT2D eigenvalue weighted by Crippen LogP contribution is 2.15. The Morgan fingerprint density at radius 1 is 1.45 bits per heavy atom. The van der Waals surface area contributed by atoms with Gasteiger partial charge in [0.05, 0.1) is 5.52 Å². The van der Waals surface area contributed by atoms with Crippen LogP contribution in [0.3, 0.4) is 0 Å². The molecule has 0 fully saturated rings. The first-order valence-corrected chi connectivity index (χ1v) is 3.65. The molecule has 0 aliphatic rings. The third-order valence-electron chi connectivity index (χ3n) is 2.08. The second-order valence-corrected chi connectivity index (χ2v) is 2.78. The second kappa shape index (κ2) is 2.09. The van der Waals surface area contributed by atoms with Crippen LogP contribution in [0.1, 0.15) is 5.69 Å². The molecular formula is C9H10N2. The fourth-order valence-electron chi connectivity index (χ4n) is 1.33. The lowest BCUT2D eigenvalue weighted by Gasteiger charge is -1.96. The van der Waals surface area contributed by atoms with E-state index in [1.54, 1.807) is 0 Å². The molecule has 0 saturated heterocycles. The highest BCUT2D eigenvalue weighted by Gasteiger charge is 1.99. The topological polar surface area (TPSA) is 17.8 Å². The van der Waals surface area contributed by atoms with Crippen LogP contribution in [0.5, 0.6) is 0 Å². The highest BCUT2D eigenvalue weighted by molar-refractivity contribution is 5.79. The van der Waals surface area contributed by atoms with Gasteiger partial charge in [-0.1, -0.05) is 0 Å². The summed E-state index contributed by atoms with van der Waals surface area (Å²) in [6.45, 7) is 2.10. The van der Waals surface area contributed by atoms with Gasteiger partial charge in [0.2, 0.25) is 0 Å². The predicted molar refractivity (Wildman–Crippen MR) is 45.5 cm³/mol. The van der Waals surface area contributed by atoms with Crippen LogP contribution in [0.25, 0.3) is 10.9 Å². The first-order valence-electron chi connectivity index (χ1n) is 3.65. The van der Waals surface area contributed by atoms with Gasteiger partial charge in [-0.15, -0.1) is 0 Å². The zero-order valence-electron chi connectivity index (χ0n) is 6.70. The molecule has 0 aliphatic heterocycles. The summed E-state index contributed by atoms with van der Waals surface area (Å²) >= 11 is 0. The summed E-state index contributed by atoms with van der Waals surface area (Å²) in [6, 6.07) is 4.17. The van der Waals surface area contributed by atoms with E-state index < -0.39 is 0 Å². The number of nitrogens with zero attached hydrogens (tertiary/aromatic N) is 2. The van der Waals surface area contributed by atoms with E-state index in [1.807, 2.05) is 18.5 Å². The Morgan fingerprint density at radius 3 is 3.00 bits per heavy atom. The number of hydrogen-bond acceptors (Lipinski definition) is 1. The molecule has 0 unspecified atom stereocenters. The van der Waals surface area contributed by atoms with Gasteiger partial charge >= 0.3 is 0 Å². The molecule has 0 saturated carbocycles. The van der Waals surface area contributed by atoms with Gasteiger partial charge in [-0.3, -0.25) is 4.98 Å². The van der Waals surface area contributed by atoms with Crippen LogP contribution in [-0.2, 0) is 7.05 Å². The molecule has 2 aromatic heterocycles. The molecule has 0 radical (unpaired) electrons. The first kappa shape index (κ1) is 6.40. The van der Waals surface area contributed by atoms with Crippen molar-refractivity contribution in [3.05, 3.63) is 30.2 Å². The number of fused-ring (bicyclic) bond motifs is 1. The molecule has 2 aromatic rings. The van der Waals surface area contributed by atoms with Crippen molar-refractivity contribution in [1.82, 2.24) is 9.55 Å². The zero-order chi connectivity index (χ0) is 7.84. The molecule has 0 spiro atoms. The van der Waals surface area contributed by atoms with E-state index in [2.05, 4.69) is 29.6 Å². The lowest BCUT2D eigenvalue weighted by Crippen LogP contribution is -1.88. The third-order valence-corrected chi connectivity index (χ3v) is 2.08. The number of pyridine rings is 1. The van der Waals surface area contributed by atoms with Crippen molar-refractivity contribution in [2.45, 2.75) is 6.92 Å². The van der Waals surface area contributed by atoms with Gasteiger partial charge in [0.15, 0.2) is 0 Å². The molecule has 0 atom stereocenters. The molecule has 0 bridgehead atoms. The highest BCUT2D eigenvalue weighted by atomic mass is 14.9. The van der Waals surface area contributed by atoms with Crippen LogP contribution in [0.15, 0.2) is 24.5 Å². The van der Waals surface area contributed by atoms with E-state index in [4.69, 9.17) is 0 Å². The normalized spacial score (nSPS) is 10.7. The minimum Gasteiger partial charge on any atom is -0.348 e. The van der Waals surface area contributed by atoms with Gasteiger partial charge < -0.3 is 4.57 Å². The minimum absolute atomic E-state index is 1.22. The Hall–Kier alpha value is -1.31. The van der Waals surface area contributed by atoms with E-state index in [0.717, 1.165) is 0 Å². The first-order chi connectivity index (χ1) is 5.29. The summed E-state index contributed by atoms with van der Waals surface area (Å²) in [4.78, 5) is 4.05. The summed E-state index contributed by atoms with van der Waals surface area (Å²) in [7, 11) is 2.07. The van der Waals surface area contributed by atoms with Crippen molar-refractivity contribution < 1.29 is 0 Å². The summed E-state index contributed by atoms with van der Waals surface area (Å²) in [6.07, 6.45) is 3.71. The molecule has 2 nitrogen and oxygen atoms in total. The quantitative estimate of drug-likeness (QED) is 0.555. The Kier molecular flexibility index (Phi) is 1.22. The Bertz CT molecular complexity index is 387.